The summed E-state index contributed by atoms with van der Waals surface area (Å²) in [6.07, 6.45) is 2.17. The Bertz CT molecular complexity index is 1620. The van der Waals surface area contributed by atoms with E-state index in [-0.39, 0.29) is 29.8 Å². The standard InChI is InChI=1S/C35H44F2N4O7S2/c1-3-4-16-49-23-30(41-33(43)26-11-8-13-38-22-26)34(44)40-29(20-25-18-27(36)21-28(37)19-25)31(42)32(48-15-17-50(2,46)47)35(45)39-14-12-24-9-6-5-7-10-24/h5-11,13,18-19,21-22,29-32,42H,3-4,12,14-17,20,23H2,1-2H3,(H,39,45)(H,40,44)(H,41,43)/t29-,30?,31+,32+/m0/s1. The van der Waals surface area contributed by atoms with Gasteiger partial charge in [-0.25, -0.2) is 17.2 Å². The number of aliphatic hydroxyl groups excluding tert-OH is 1. The van der Waals surface area contributed by atoms with Crippen molar-refractivity contribution in [2.75, 3.05) is 36.7 Å². The Kier molecular flexibility index (Phi) is 16.8. The zero-order valence-electron chi connectivity index (χ0n) is 28.0. The van der Waals surface area contributed by atoms with Crippen molar-refractivity contribution in [1.29, 1.82) is 0 Å². The van der Waals surface area contributed by atoms with E-state index in [0.717, 1.165) is 36.8 Å². The fourth-order valence-corrected chi connectivity index (χ4v) is 6.36. The number of benzene rings is 2. The van der Waals surface area contributed by atoms with E-state index in [1.807, 2.05) is 37.3 Å². The first-order chi connectivity index (χ1) is 23.9. The molecule has 0 saturated heterocycles. The number of aliphatic hydroxyl groups is 1. The predicted octanol–water partition coefficient (Wildman–Crippen LogP) is 2.87. The second-order valence-corrected chi connectivity index (χ2v) is 15.1. The molecular formula is C35H44F2N4O7S2. The van der Waals surface area contributed by atoms with E-state index < -0.39 is 75.8 Å². The van der Waals surface area contributed by atoms with Gasteiger partial charge in [-0.2, -0.15) is 11.8 Å². The summed E-state index contributed by atoms with van der Waals surface area (Å²) in [6.45, 7) is 1.70. The number of thioether (sulfide) groups is 1. The molecule has 0 saturated carbocycles. The lowest BCUT2D eigenvalue weighted by molar-refractivity contribution is -0.143. The van der Waals surface area contributed by atoms with Gasteiger partial charge in [0.15, 0.2) is 6.10 Å². The maximum atomic E-state index is 14.2. The van der Waals surface area contributed by atoms with Crippen molar-refractivity contribution >= 4 is 39.3 Å². The molecule has 3 aromatic rings. The number of nitrogens with one attached hydrogen (secondary N) is 3. The van der Waals surface area contributed by atoms with Crippen LogP contribution < -0.4 is 16.0 Å². The highest BCUT2D eigenvalue weighted by molar-refractivity contribution is 7.99. The molecule has 4 atom stereocenters. The number of hydrogen-bond donors (Lipinski definition) is 4. The second kappa shape index (κ2) is 20.7. The Balaban J connectivity index is 1.90. The third-order valence-corrected chi connectivity index (χ3v) is 9.52. The molecule has 1 unspecified atom stereocenters. The van der Waals surface area contributed by atoms with Gasteiger partial charge in [0.05, 0.1) is 24.0 Å². The van der Waals surface area contributed by atoms with Crippen LogP contribution in [0.5, 0.6) is 0 Å². The van der Waals surface area contributed by atoms with Crippen LogP contribution in [0.2, 0.25) is 0 Å². The zero-order chi connectivity index (χ0) is 36.5. The molecule has 3 rings (SSSR count). The molecule has 0 fully saturated rings. The first kappa shape index (κ1) is 40.5. The first-order valence-corrected chi connectivity index (χ1v) is 19.4. The summed E-state index contributed by atoms with van der Waals surface area (Å²) < 4.78 is 57.8. The Morgan fingerprint density at radius 2 is 1.70 bits per heavy atom. The zero-order valence-corrected chi connectivity index (χ0v) is 29.7. The normalized spacial score (nSPS) is 13.9. The largest absolute Gasteiger partial charge is 0.388 e. The minimum absolute atomic E-state index is 0.0551. The van der Waals surface area contributed by atoms with Crippen molar-refractivity contribution < 1.29 is 41.4 Å². The van der Waals surface area contributed by atoms with Gasteiger partial charge >= 0.3 is 0 Å². The van der Waals surface area contributed by atoms with Gasteiger partial charge in [-0.15, -0.1) is 0 Å². The van der Waals surface area contributed by atoms with Crippen LogP contribution in [0.3, 0.4) is 0 Å². The fourth-order valence-electron chi connectivity index (χ4n) is 4.83. The SMILES string of the molecule is CCCCSCC(NC(=O)c1cccnc1)C(=O)N[C@@H](Cc1cc(F)cc(F)c1)[C@@H](O)[C@@H](OCCS(C)(=O)=O)C(=O)NCCc1ccccc1. The van der Waals surface area contributed by atoms with Crippen LogP contribution in [0.25, 0.3) is 0 Å². The number of ether oxygens (including phenoxy) is 1. The number of carbonyl (C=O) groups is 3. The summed E-state index contributed by atoms with van der Waals surface area (Å²) in [5, 5.41) is 19.7. The quantitative estimate of drug-likeness (QED) is 0.121. The van der Waals surface area contributed by atoms with E-state index in [1.54, 1.807) is 6.07 Å². The molecule has 50 heavy (non-hydrogen) atoms. The van der Waals surface area contributed by atoms with Crippen LogP contribution in [0.1, 0.15) is 41.3 Å². The Hall–Kier alpha value is -3.92. The lowest BCUT2D eigenvalue weighted by Crippen LogP contribution is -2.58. The van der Waals surface area contributed by atoms with Crippen molar-refractivity contribution in [2.24, 2.45) is 0 Å². The number of pyridine rings is 1. The maximum Gasteiger partial charge on any atom is 0.253 e. The van der Waals surface area contributed by atoms with Crippen molar-refractivity contribution in [2.45, 2.75) is 56.9 Å². The molecule has 0 aliphatic carbocycles. The minimum atomic E-state index is -3.52. The molecule has 272 valence electrons. The van der Waals surface area contributed by atoms with Crippen molar-refractivity contribution in [1.82, 2.24) is 20.9 Å². The number of sulfone groups is 1. The number of amides is 3. The van der Waals surface area contributed by atoms with E-state index in [0.29, 0.717) is 18.2 Å². The highest BCUT2D eigenvalue weighted by atomic mass is 32.2. The predicted molar refractivity (Wildman–Crippen MR) is 188 cm³/mol. The molecule has 1 aromatic heterocycles. The number of hydrogen-bond acceptors (Lipinski definition) is 9. The molecule has 2 aromatic carbocycles. The molecule has 11 nitrogen and oxygen atoms in total. The summed E-state index contributed by atoms with van der Waals surface area (Å²) in [6, 6.07) is 12.6. The van der Waals surface area contributed by atoms with Gasteiger partial charge in [0.25, 0.3) is 11.8 Å². The van der Waals surface area contributed by atoms with Crippen molar-refractivity contribution in [3.8, 4) is 0 Å². The number of halogens is 2. The Labute approximate surface area is 295 Å². The highest BCUT2D eigenvalue weighted by Crippen LogP contribution is 2.16. The number of aromatic nitrogens is 1. The number of nitrogens with zero attached hydrogens (tertiary/aromatic N) is 1. The van der Waals surface area contributed by atoms with Crippen LogP contribution >= 0.6 is 11.8 Å². The molecule has 1 heterocycles. The van der Waals surface area contributed by atoms with E-state index in [4.69, 9.17) is 4.74 Å². The summed E-state index contributed by atoms with van der Waals surface area (Å²) in [7, 11) is -3.52. The van der Waals surface area contributed by atoms with E-state index >= 15 is 0 Å². The third kappa shape index (κ3) is 14.5. The monoisotopic (exact) mass is 734 g/mol. The van der Waals surface area contributed by atoms with Crippen molar-refractivity contribution in [3.05, 3.63) is 101 Å². The van der Waals surface area contributed by atoms with Gasteiger partial charge in [-0.1, -0.05) is 43.7 Å². The van der Waals surface area contributed by atoms with Crippen LogP contribution in [0.4, 0.5) is 8.78 Å². The smallest absolute Gasteiger partial charge is 0.253 e. The summed E-state index contributed by atoms with van der Waals surface area (Å²) in [5.41, 5.74) is 1.19. The van der Waals surface area contributed by atoms with Gasteiger partial charge in [0.1, 0.15) is 33.6 Å². The molecule has 3 amide bonds. The van der Waals surface area contributed by atoms with Gasteiger partial charge in [0, 0.05) is 37.0 Å². The fraction of sp³-hybridized carbons (Fsp3) is 0.429. The van der Waals surface area contributed by atoms with E-state index in [9.17, 15) is 36.7 Å². The van der Waals surface area contributed by atoms with E-state index in [1.165, 1.54) is 30.2 Å². The lowest BCUT2D eigenvalue weighted by Gasteiger charge is -2.31. The van der Waals surface area contributed by atoms with Crippen molar-refractivity contribution in [3.63, 3.8) is 0 Å². The summed E-state index contributed by atoms with van der Waals surface area (Å²) >= 11 is 1.43. The molecule has 0 bridgehead atoms. The maximum absolute atomic E-state index is 14.2. The Morgan fingerprint density at radius 1 is 0.980 bits per heavy atom. The lowest BCUT2D eigenvalue weighted by atomic mass is 9.96. The van der Waals surface area contributed by atoms with Crippen LogP contribution in [-0.2, 0) is 37.0 Å². The van der Waals surface area contributed by atoms with E-state index in [2.05, 4.69) is 20.9 Å². The molecule has 15 heteroatoms. The van der Waals surface area contributed by atoms with Gasteiger partial charge in [0.2, 0.25) is 5.91 Å². The molecule has 0 aliphatic rings. The van der Waals surface area contributed by atoms with Gasteiger partial charge < -0.3 is 25.8 Å². The third-order valence-electron chi connectivity index (χ3n) is 7.47. The average Bonchev–Trinajstić information content (AvgIpc) is 3.07. The summed E-state index contributed by atoms with van der Waals surface area (Å²) in [5.74, 6) is -3.48. The molecule has 0 spiro atoms. The van der Waals surface area contributed by atoms with Crippen LogP contribution in [-0.4, -0.2) is 97.2 Å². The first-order valence-electron chi connectivity index (χ1n) is 16.2. The second-order valence-electron chi connectivity index (χ2n) is 11.7. The minimum Gasteiger partial charge on any atom is -0.388 e. The average molecular weight is 735 g/mol. The number of unbranched alkanes of at least 4 members (excludes halogenated alkanes) is 1. The number of rotatable bonds is 21. The van der Waals surface area contributed by atoms with Gasteiger partial charge in [-0.3, -0.25) is 19.4 Å². The van der Waals surface area contributed by atoms with Gasteiger partial charge in [-0.05, 0) is 60.4 Å². The molecule has 4 N–H and O–H groups in total. The molecule has 0 aliphatic heterocycles. The molecular weight excluding hydrogens is 691 g/mol. The summed E-state index contributed by atoms with van der Waals surface area (Å²) in [4.78, 5) is 44.3. The van der Waals surface area contributed by atoms with Crippen LogP contribution in [0, 0.1) is 11.6 Å². The highest BCUT2D eigenvalue weighted by Gasteiger charge is 2.36. The topological polar surface area (TPSA) is 164 Å². The molecule has 0 radical (unpaired) electrons. The van der Waals surface area contributed by atoms with Crippen LogP contribution in [0.15, 0.2) is 73.1 Å². The number of carbonyl (C=O) groups excluding carboxylic acids is 3. The Morgan fingerprint density at radius 3 is 2.34 bits per heavy atom.